The van der Waals surface area contributed by atoms with E-state index in [4.69, 9.17) is 0 Å². The third kappa shape index (κ3) is 2.44. The Morgan fingerprint density at radius 1 is 0.656 bits per heavy atom. The summed E-state index contributed by atoms with van der Waals surface area (Å²) in [5, 5.41) is 8.50. The molecule has 0 heterocycles. The predicted molar refractivity (Wildman–Crippen MR) is 140 cm³/mol. The predicted octanol–water partition coefficient (Wildman–Crippen LogP) is 9.31. The molecule has 0 fully saturated rings. The molecule has 160 valence electrons. The van der Waals surface area contributed by atoms with Gasteiger partial charge in [-0.2, -0.15) is 0 Å². The average Bonchev–Trinajstić information content (AvgIpc) is 2.75. The second-order valence-corrected chi connectivity index (χ2v) is 11.7. The summed E-state index contributed by atoms with van der Waals surface area (Å²) in [7, 11) is 0. The minimum atomic E-state index is -0.0472. The lowest BCUT2D eigenvalue weighted by Gasteiger charge is -2.37. The quantitative estimate of drug-likeness (QED) is 0.239. The minimum absolute atomic E-state index is 0.0472. The lowest BCUT2D eigenvalue weighted by molar-refractivity contribution is 0.582. The molecule has 1 aliphatic carbocycles. The fourth-order valence-electron chi connectivity index (χ4n) is 6.07. The Morgan fingerprint density at radius 2 is 1.34 bits per heavy atom. The van der Waals surface area contributed by atoms with Crippen molar-refractivity contribution in [2.24, 2.45) is 0 Å². The Labute approximate surface area is 191 Å². The molecule has 5 aromatic carbocycles. The maximum Gasteiger partial charge on any atom is 0.0159 e. The van der Waals surface area contributed by atoms with E-state index in [1.54, 1.807) is 0 Å². The first-order valence-electron chi connectivity index (χ1n) is 12.0. The Morgan fingerprint density at radius 3 is 2.06 bits per heavy atom. The molecule has 0 saturated carbocycles. The van der Waals surface area contributed by atoms with Gasteiger partial charge in [0, 0.05) is 5.41 Å². The van der Waals surface area contributed by atoms with Crippen LogP contribution in [0.1, 0.15) is 76.6 Å². The van der Waals surface area contributed by atoms with Gasteiger partial charge in [0.25, 0.3) is 0 Å². The molecule has 0 nitrogen and oxygen atoms in total. The van der Waals surface area contributed by atoms with Gasteiger partial charge in [-0.25, -0.2) is 0 Å². The highest BCUT2D eigenvalue weighted by atomic mass is 14.4. The number of hydrogen-bond acceptors (Lipinski definition) is 0. The van der Waals surface area contributed by atoms with Gasteiger partial charge < -0.3 is 0 Å². The van der Waals surface area contributed by atoms with Gasteiger partial charge in [-0.05, 0) is 83.1 Å². The van der Waals surface area contributed by atoms with Crippen LogP contribution in [0.25, 0.3) is 43.4 Å². The Hall–Kier alpha value is -2.86. The van der Waals surface area contributed by atoms with Crippen LogP contribution in [0.5, 0.6) is 0 Å². The highest BCUT2D eigenvalue weighted by molar-refractivity contribution is 6.27. The summed E-state index contributed by atoms with van der Waals surface area (Å²) in [6.07, 6.45) is 0. The minimum Gasteiger partial charge on any atom is -0.0587 e. The molecular formula is C32H32. The van der Waals surface area contributed by atoms with E-state index in [1.807, 2.05) is 0 Å². The molecule has 5 aromatic rings. The SMILES string of the molecule is CC(C)c1ccc2cc3c4c(ccc5ccc1c2c54)-c1ccc(C(C)(C)C)cc1C3(C)C. The van der Waals surface area contributed by atoms with Gasteiger partial charge in [-0.3, -0.25) is 0 Å². The van der Waals surface area contributed by atoms with E-state index in [9.17, 15) is 0 Å². The largest absolute Gasteiger partial charge is 0.0587 e. The lowest BCUT2D eigenvalue weighted by atomic mass is 9.66. The molecule has 0 spiro atoms. The Bertz CT molecular complexity index is 1540. The zero-order valence-electron chi connectivity index (χ0n) is 20.4. The van der Waals surface area contributed by atoms with Crippen molar-refractivity contribution in [3.8, 4) is 11.1 Å². The zero-order valence-corrected chi connectivity index (χ0v) is 20.4. The van der Waals surface area contributed by atoms with Gasteiger partial charge in [0.1, 0.15) is 0 Å². The van der Waals surface area contributed by atoms with Crippen LogP contribution < -0.4 is 0 Å². The monoisotopic (exact) mass is 416 g/mol. The molecule has 0 heteroatoms. The number of benzene rings is 5. The normalized spacial score (nSPS) is 15.2. The molecule has 0 amide bonds. The number of hydrogen-bond donors (Lipinski definition) is 0. The van der Waals surface area contributed by atoms with E-state index >= 15 is 0 Å². The molecule has 1 aliphatic rings. The van der Waals surface area contributed by atoms with Gasteiger partial charge in [0.15, 0.2) is 0 Å². The van der Waals surface area contributed by atoms with E-state index < -0.39 is 0 Å². The molecule has 32 heavy (non-hydrogen) atoms. The van der Waals surface area contributed by atoms with Crippen molar-refractivity contribution in [2.75, 3.05) is 0 Å². The molecule has 0 atom stereocenters. The van der Waals surface area contributed by atoms with E-state index in [-0.39, 0.29) is 10.8 Å². The Kier molecular flexibility index (Phi) is 3.79. The van der Waals surface area contributed by atoms with Crippen LogP contribution in [0.2, 0.25) is 0 Å². The van der Waals surface area contributed by atoms with Gasteiger partial charge in [0.05, 0.1) is 0 Å². The van der Waals surface area contributed by atoms with Crippen LogP contribution in [0.15, 0.2) is 60.7 Å². The number of fused-ring (bicyclic) bond motifs is 2. The molecular weight excluding hydrogens is 384 g/mol. The molecule has 6 rings (SSSR count). The summed E-state index contributed by atoms with van der Waals surface area (Å²) < 4.78 is 0. The summed E-state index contributed by atoms with van der Waals surface area (Å²) in [6.45, 7) is 16.4. The van der Waals surface area contributed by atoms with Crippen LogP contribution in [-0.2, 0) is 10.8 Å². The third-order valence-corrected chi connectivity index (χ3v) is 7.94. The highest BCUT2D eigenvalue weighted by Gasteiger charge is 2.35. The van der Waals surface area contributed by atoms with E-state index in [0.29, 0.717) is 5.92 Å². The second-order valence-electron chi connectivity index (χ2n) is 11.7. The van der Waals surface area contributed by atoms with Crippen molar-refractivity contribution in [3.63, 3.8) is 0 Å². The molecule has 0 radical (unpaired) electrons. The summed E-state index contributed by atoms with van der Waals surface area (Å²) in [5.41, 5.74) is 8.67. The van der Waals surface area contributed by atoms with Crippen LogP contribution in [0.4, 0.5) is 0 Å². The van der Waals surface area contributed by atoms with Crippen LogP contribution in [0, 0.1) is 0 Å². The van der Waals surface area contributed by atoms with E-state index in [0.717, 1.165) is 0 Å². The Balaban J connectivity index is 1.82. The molecule has 0 unspecified atom stereocenters. The lowest BCUT2D eigenvalue weighted by Crippen LogP contribution is -2.25. The zero-order chi connectivity index (χ0) is 22.6. The topological polar surface area (TPSA) is 0 Å². The maximum absolute atomic E-state index is 2.49. The number of rotatable bonds is 1. The van der Waals surface area contributed by atoms with Crippen molar-refractivity contribution in [1.82, 2.24) is 0 Å². The summed E-state index contributed by atoms with van der Waals surface area (Å²) in [5.74, 6) is 0.513. The fraction of sp³-hybridized carbons (Fsp3) is 0.312. The van der Waals surface area contributed by atoms with Crippen molar-refractivity contribution < 1.29 is 0 Å². The summed E-state index contributed by atoms with van der Waals surface area (Å²) in [6, 6.07) is 23.8. The molecule has 0 aromatic heterocycles. The molecule has 0 N–H and O–H groups in total. The summed E-state index contributed by atoms with van der Waals surface area (Å²) in [4.78, 5) is 0. The maximum atomic E-state index is 2.49. The van der Waals surface area contributed by atoms with Crippen molar-refractivity contribution in [2.45, 2.75) is 65.2 Å². The van der Waals surface area contributed by atoms with Crippen molar-refractivity contribution in [1.29, 1.82) is 0 Å². The standard InChI is InChI=1S/C32H32/c1-18(2)22-12-10-20-16-27-30-25(14-9-19-8-13-24(22)28(20)29(19)30)23-15-11-21(31(3,4)5)17-26(23)32(27,6)7/h8-18H,1-7H3. The first-order chi connectivity index (χ1) is 15.1. The van der Waals surface area contributed by atoms with Crippen molar-refractivity contribution in [3.05, 3.63) is 82.9 Å². The van der Waals surface area contributed by atoms with Gasteiger partial charge in [-0.15, -0.1) is 0 Å². The fourth-order valence-corrected chi connectivity index (χ4v) is 6.07. The molecule has 0 saturated heterocycles. The summed E-state index contributed by atoms with van der Waals surface area (Å²) >= 11 is 0. The van der Waals surface area contributed by atoms with E-state index in [2.05, 4.69) is 109 Å². The van der Waals surface area contributed by atoms with Gasteiger partial charge >= 0.3 is 0 Å². The average molecular weight is 417 g/mol. The van der Waals surface area contributed by atoms with E-state index in [1.165, 1.54) is 65.7 Å². The smallest absolute Gasteiger partial charge is 0.0159 e. The molecule has 0 aliphatic heterocycles. The highest BCUT2D eigenvalue weighted by Crippen LogP contribution is 2.53. The van der Waals surface area contributed by atoms with Crippen LogP contribution in [0.3, 0.4) is 0 Å². The second kappa shape index (κ2) is 6.13. The van der Waals surface area contributed by atoms with Crippen molar-refractivity contribution >= 4 is 32.3 Å². The van der Waals surface area contributed by atoms with Gasteiger partial charge in [0.2, 0.25) is 0 Å². The molecule has 0 bridgehead atoms. The van der Waals surface area contributed by atoms with Crippen LogP contribution in [-0.4, -0.2) is 0 Å². The first-order valence-corrected chi connectivity index (χ1v) is 12.0. The van der Waals surface area contributed by atoms with Crippen LogP contribution >= 0.6 is 0 Å². The third-order valence-electron chi connectivity index (χ3n) is 7.94. The first kappa shape index (κ1) is 19.8. The van der Waals surface area contributed by atoms with Gasteiger partial charge in [-0.1, -0.05) is 103 Å².